The van der Waals surface area contributed by atoms with E-state index in [9.17, 15) is 4.79 Å². The average molecular weight is 379 g/mol. The second-order valence-corrected chi connectivity index (χ2v) is 6.77. The summed E-state index contributed by atoms with van der Waals surface area (Å²) in [4.78, 5) is 18.9. The van der Waals surface area contributed by atoms with Gasteiger partial charge in [0.2, 0.25) is 5.91 Å². The van der Waals surface area contributed by atoms with Crippen LogP contribution in [0.2, 0.25) is 0 Å². The number of aryl methyl sites for hydroxylation is 1. The number of methoxy groups -OCH3 is 2. The van der Waals surface area contributed by atoms with E-state index in [1.54, 1.807) is 25.2 Å². The van der Waals surface area contributed by atoms with E-state index in [1.807, 2.05) is 43.3 Å². The summed E-state index contributed by atoms with van der Waals surface area (Å²) >= 11 is 0. The van der Waals surface area contributed by atoms with Gasteiger partial charge in [0.25, 0.3) is 5.89 Å². The van der Waals surface area contributed by atoms with Crippen molar-refractivity contribution in [1.82, 2.24) is 10.1 Å². The molecule has 0 radical (unpaired) electrons. The summed E-state index contributed by atoms with van der Waals surface area (Å²) in [5, 5.41) is 4.12. The number of aromatic nitrogens is 2. The minimum atomic E-state index is -0.137. The molecule has 3 aromatic rings. The second kappa shape index (κ2) is 7.34. The van der Waals surface area contributed by atoms with Gasteiger partial charge in [0.15, 0.2) is 5.82 Å². The molecule has 1 amide bonds. The first-order chi connectivity index (χ1) is 13.6. The number of hydrogen-bond donors (Lipinski definition) is 0. The van der Waals surface area contributed by atoms with Crippen LogP contribution in [-0.4, -0.2) is 36.8 Å². The minimum Gasteiger partial charge on any atom is -0.497 e. The molecule has 2 heterocycles. The normalized spacial score (nSPS) is 16.5. The Labute approximate surface area is 162 Å². The largest absolute Gasteiger partial charge is 0.497 e. The molecule has 28 heavy (non-hydrogen) atoms. The van der Waals surface area contributed by atoms with Crippen molar-refractivity contribution in [1.29, 1.82) is 0 Å². The number of benzene rings is 2. The summed E-state index contributed by atoms with van der Waals surface area (Å²) in [6.45, 7) is 2.48. The van der Waals surface area contributed by atoms with E-state index >= 15 is 0 Å². The highest BCUT2D eigenvalue weighted by Crippen LogP contribution is 2.38. The average Bonchev–Trinajstić information content (AvgIpc) is 3.34. The van der Waals surface area contributed by atoms with Crippen LogP contribution in [0.3, 0.4) is 0 Å². The molecule has 1 atom stereocenters. The first kappa shape index (κ1) is 18.0. The monoisotopic (exact) mass is 379 g/mol. The molecule has 1 aliphatic heterocycles. The van der Waals surface area contributed by atoms with E-state index in [0.717, 1.165) is 11.1 Å². The highest BCUT2D eigenvalue weighted by Gasteiger charge is 2.36. The molecule has 0 N–H and O–H groups in total. The van der Waals surface area contributed by atoms with Crippen molar-refractivity contribution in [3.63, 3.8) is 0 Å². The van der Waals surface area contributed by atoms with Crippen LogP contribution >= 0.6 is 0 Å². The zero-order valence-corrected chi connectivity index (χ0v) is 16.0. The fourth-order valence-electron chi connectivity index (χ4n) is 3.42. The van der Waals surface area contributed by atoms with Crippen LogP contribution in [-0.2, 0) is 4.79 Å². The van der Waals surface area contributed by atoms with Crippen molar-refractivity contribution in [3.05, 3.63) is 53.9 Å². The van der Waals surface area contributed by atoms with Gasteiger partial charge in [-0.3, -0.25) is 4.79 Å². The zero-order chi connectivity index (χ0) is 19.7. The van der Waals surface area contributed by atoms with Gasteiger partial charge in [-0.1, -0.05) is 22.9 Å². The fourth-order valence-corrected chi connectivity index (χ4v) is 3.42. The maximum atomic E-state index is 12.7. The van der Waals surface area contributed by atoms with Gasteiger partial charge in [0.05, 0.1) is 19.9 Å². The van der Waals surface area contributed by atoms with Crippen LogP contribution in [0.5, 0.6) is 11.5 Å². The molecule has 144 valence electrons. The molecule has 0 bridgehead atoms. The molecular formula is C21H21N3O4. The van der Waals surface area contributed by atoms with Gasteiger partial charge in [0.1, 0.15) is 11.5 Å². The van der Waals surface area contributed by atoms with Gasteiger partial charge in [0, 0.05) is 30.5 Å². The summed E-state index contributed by atoms with van der Waals surface area (Å²) in [6, 6.07) is 13.3. The maximum Gasteiger partial charge on any atom is 0.257 e. The molecule has 1 saturated heterocycles. The Hall–Kier alpha value is -3.35. The molecule has 4 rings (SSSR count). The van der Waals surface area contributed by atoms with Crippen molar-refractivity contribution >= 4 is 11.6 Å². The first-order valence-electron chi connectivity index (χ1n) is 9.02. The van der Waals surface area contributed by atoms with Gasteiger partial charge in [-0.25, -0.2) is 0 Å². The summed E-state index contributed by atoms with van der Waals surface area (Å²) in [5.41, 5.74) is 2.70. The van der Waals surface area contributed by atoms with Gasteiger partial charge >= 0.3 is 0 Å². The molecule has 1 aromatic heterocycles. The Morgan fingerprint density at radius 3 is 2.75 bits per heavy atom. The number of anilines is 1. The first-order valence-corrected chi connectivity index (χ1v) is 9.02. The van der Waals surface area contributed by atoms with E-state index in [2.05, 4.69) is 10.1 Å². The highest BCUT2D eigenvalue weighted by atomic mass is 16.5. The van der Waals surface area contributed by atoms with Gasteiger partial charge in [-0.2, -0.15) is 4.98 Å². The predicted molar refractivity (Wildman–Crippen MR) is 104 cm³/mol. The highest BCUT2D eigenvalue weighted by molar-refractivity contribution is 5.97. The van der Waals surface area contributed by atoms with Gasteiger partial charge < -0.3 is 18.9 Å². The number of hydrogen-bond acceptors (Lipinski definition) is 6. The number of rotatable bonds is 5. The number of amides is 1. The van der Waals surface area contributed by atoms with Crippen LogP contribution in [0, 0.1) is 6.92 Å². The van der Waals surface area contributed by atoms with Gasteiger partial charge in [-0.15, -0.1) is 0 Å². The van der Waals surface area contributed by atoms with Crippen molar-refractivity contribution in [2.75, 3.05) is 25.7 Å². The minimum absolute atomic E-state index is 0.00428. The Balaban J connectivity index is 1.57. The quantitative estimate of drug-likeness (QED) is 0.674. The molecule has 0 spiro atoms. The second-order valence-electron chi connectivity index (χ2n) is 6.77. The SMILES string of the molecule is COc1ccc(N2CC(c3noc(-c4cccc(C)c4)n3)CC2=O)c(OC)c1. The summed E-state index contributed by atoms with van der Waals surface area (Å²) in [5.74, 6) is 2.12. The van der Waals surface area contributed by atoms with E-state index in [0.29, 0.717) is 41.9 Å². The molecule has 7 nitrogen and oxygen atoms in total. The molecule has 2 aromatic carbocycles. The number of carbonyl (C=O) groups excluding carboxylic acids is 1. The van der Waals surface area contributed by atoms with Crippen molar-refractivity contribution in [3.8, 4) is 23.0 Å². The third kappa shape index (κ3) is 3.31. The van der Waals surface area contributed by atoms with Gasteiger partial charge in [-0.05, 0) is 31.2 Å². The lowest BCUT2D eigenvalue weighted by molar-refractivity contribution is -0.117. The molecule has 1 fully saturated rings. The van der Waals surface area contributed by atoms with Crippen LogP contribution in [0.1, 0.15) is 23.7 Å². The summed E-state index contributed by atoms with van der Waals surface area (Å²) in [7, 11) is 3.16. The number of ether oxygens (including phenoxy) is 2. The lowest BCUT2D eigenvalue weighted by atomic mass is 10.1. The molecule has 1 aliphatic rings. The van der Waals surface area contributed by atoms with Crippen LogP contribution in [0.4, 0.5) is 5.69 Å². The van der Waals surface area contributed by atoms with E-state index in [-0.39, 0.29) is 11.8 Å². The Morgan fingerprint density at radius 2 is 2.00 bits per heavy atom. The molecule has 0 saturated carbocycles. The van der Waals surface area contributed by atoms with E-state index < -0.39 is 0 Å². The van der Waals surface area contributed by atoms with Crippen molar-refractivity contribution in [2.24, 2.45) is 0 Å². The maximum absolute atomic E-state index is 12.7. The lowest BCUT2D eigenvalue weighted by Crippen LogP contribution is -2.24. The number of nitrogens with zero attached hydrogens (tertiary/aromatic N) is 3. The summed E-state index contributed by atoms with van der Waals surface area (Å²) in [6.07, 6.45) is 0.321. The lowest BCUT2D eigenvalue weighted by Gasteiger charge is -2.19. The predicted octanol–water partition coefficient (Wildman–Crippen LogP) is 3.58. The standard InChI is InChI=1S/C21H21N3O4/c1-13-5-4-6-14(9-13)21-22-20(23-28-21)15-10-19(25)24(12-15)17-8-7-16(26-2)11-18(17)27-3/h4-9,11,15H,10,12H2,1-3H3. The zero-order valence-electron chi connectivity index (χ0n) is 16.0. The van der Waals surface area contributed by atoms with Crippen LogP contribution in [0.25, 0.3) is 11.5 Å². The topological polar surface area (TPSA) is 77.7 Å². The van der Waals surface area contributed by atoms with E-state index in [1.165, 1.54) is 0 Å². The molecule has 1 unspecified atom stereocenters. The van der Waals surface area contributed by atoms with Crippen LogP contribution in [0.15, 0.2) is 47.0 Å². The number of carbonyl (C=O) groups is 1. The smallest absolute Gasteiger partial charge is 0.257 e. The fraction of sp³-hybridized carbons (Fsp3) is 0.286. The Kier molecular flexibility index (Phi) is 4.73. The molecule has 7 heteroatoms. The van der Waals surface area contributed by atoms with Crippen molar-refractivity contribution < 1.29 is 18.8 Å². The Morgan fingerprint density at radius 1 is 1.14 bits per heavy atom. The molecular weight excluding hydrogens is 358 g/mol. The molecule has 0 aliphatic carbocycles. The summed E-state index contributed by atoms with van der Waals surface area (Å²) < 4.78 is 16.1. The van der Waals surface area contributed by atoms with Crippen molar-refractivity contribution in [2.45, 2.75) is 19.3 Å². The van der Waals surface area contributed by atoms with Crippen LogP contribution < -0.4 is 14.4 Å². The third-order valence-corrected chi connectivity index (χ3v) is 4.87. The van der Waals surface area contributed by atoms with E-state index in [4.69, 9.17) is 14.0 Å². The Bertz CT molecular complexity index is 1010. The third-order valence-electron chi connectivity index (χ3n) is 4.87.